The molecule has 0 N–H and O–H groups in total. The van der Waals surface area contributed by atoms with Gasteiger partial charge in [0.1, 0.15) is 0 Å². The molecule has 0 bridgehead atoms. The Morgan fingerprint density at radius 1 is 0.500 bits per heavy atom. The summed E-state index contributed by atoms with van der Waals surface area (Å²) in [4.78, 5) is 39.5. The van der Waals surface area contributed by atoms with Crippen LogP contribution in [0.1, 0.15) is 0 Å². The molecule has 0 atom stereocenters. The minimum atomic E-state index is -2.88. The maximum atomic E-state index is 13.2. The molecule has 1 aromatic heterocycles. The Bertz CT molecular complexity index is 742. The van der Waals surface area contributed by atoms with Crippen LogP contribution in [0, 0.1) is 0 Å². The number of rotatable bonds is 12. The lowest BCUT2D eigenvalue weighted by Crippen LogP contribution is -2.62. The van der Waals surface area contributed by atoms with Gasteiger partial charge in [-0.05, 0) is 19.6 Å². The summed E-state index contributed by atoms with van der Waals surface area (Å²) in [5, 5.41) is 0. The van der Waals surface area contributed by atoms with E-state index in [1.165, 1.54) is 42.7 Å². The van der Waals surface area contributed by atoms with E-state index in [-0.39, 0.29) is 18.5 Å². The van der Waals surface area contributed by atoms with E-state index in [1.807, 2.05) is 0 Å². The molecule has 12 nitrogen and oxygen atoms in total. The first-order chi connectivity index (χ1) is 13.9. The van der Waals surface area contributed by atoms with Crippen LogP contribution in [0.25, 0.3) is 0 Å². The zero-order valence-electron chi connectivity index (χ0n) is 19.1. The van der Waals surface area contributed by atoms with Crippen LogP contribution < -0.4 is 17.1 Å². The lowest BCUT2D eigenvalue weighted by molar-refractivity contribution is 0.229. The second kappa shape index (κ2) is 10.4. The monoisotopic (exact) mass is 483 g/mol. The molecule has 15 heteroatoms. The summed E-state index contributed by atoms with van der Waals surface area (Å²) in [5.41, 5.74) is -2.33. The van der Waals surface area contributed by atoms with Crippen LogP contribution in [-0.4, -0.2) is 82.0 Å². The van der Waals surface area contributed by atoms with Crippen molar-refractivity contribution in [2.45, 2.75) is 38.1 Å². The maximum absolute atomic E-state index is 13.2. The van der Waals surface area contributed by atoms with Gasteiger partial charge in [-0.3, -0.25) is 0 Å². The van der Waals surface area contributed by atoms with Gasteiger partial charge in [0.15, 0.2) is 0 Å². The zero-order chi connectivity index (χ0) is 23.3. The molecule has 0 amide bonds. The quantitative estimate of drug-likeness (QED) is 0.340. The minimum Gasteiger partial charge on any atom is -0.397 e. The van der Waals surface area contributed by atoms with Gasteiger partial charge < -0.3 is 26.6 Å². The molecule has 0 aliphatic carbocycles. The normalized spacial score (nSPS) is 13.1. The molecule has 0 aromatic carbocycles. The van der Waals surface area contributed by atoms with Crippen LogP contribution in [0.15, 0.2) is 14.4 Å². The summed E-state index contributed by atoms with van der Waals surface area (Å²) < 4.78 is 35.5. The minimum absolute atomic E-state index is 0.103. The molecular formula is C15H33N3O9Si3. The van der Waals surface area contributed by atoms with E-state index in [2.05, 4.69) is 0 Å². The molecule has 0 saturated carbocycles. The highest BCUT2D eigenvalue weighted by molar-refractivity contribution is 6.65. The second-order valence-corrected chi connectivity index (χ2v) is 17.4. The highest BCUT2D eigenvalue weighted by Gasteiger charge is 2.37. The molecule has 1 rings (SSSR count). The summed E-state index contributed by atoms with van der Waals surface area (Å²) in [6.07, 6.45) is -0.308. The molecule has 174 valence electrons. The van der Waals surface area contributed by atoms with Crippen molar-refractivity contribution in [1.82, 2.24) is 13.7 Å². The molecular weight excluding hydrogens is 450 g/mol. The zero-order valence-corrected chi connectivity index (χ0v) is 22.1. The van der Waals surface area contributed by atoms with Gasteiger partial charge in [0.05, 0.1) is 18.5 Å². The standard InChI is InChI=1S/C15H33N3O9Si3/c1-22-28(7,23-2)10-16-13(19)17(11-29(8,24-3)25-4)15(21)18(14(16)20)12-30(9,26-5)27-6/h10-12H2,1-9H3. The van der Waals surface area contributed by atoms with Gasteiger partial charge in [0.2, 0.25) is 0 Å². The summed E-state index contributed by atoms with van der Waals surface area (Å²) >= 11 is 0. The summed E-state index contributed by atoms with van der Waals surface area (Å²) in [6, 6.07) is 0. The Balaban J connectivity index is 3.83. The predicted octanol–water partition coefficient (Wildman–Crippen LogP) is -1.12. The Kier molecular flexibility index (Phi) is 9.33. The SMILES string of the molecule is CO[Si](C)(Cn1c(=O)n(C[Si](C)(OC)OC)c(=O)n(C[Si](C)(OC)OC)c1=O)OC. The third kappa shape index (κ3) is 5.74. The summed E-state index contributed by atoms with van der Waals surface area (Å²) in [5.74, 6) is 0. The largest absolute Gasteiger partial charge is 0.397 e. The van der Waals surface area contributed by atoms with Crippen LogP contribution in [0.5, 0.6) is 0 Å². The first-order valence-electron chi connectivity index (χ1n) is 9.14. The number of nitrogens with zero attached hydrogens (tertiary/aromatic N) is 3. The van der Waals surface area contributed by atoms with Crippen molar-refractivity contribution in [3.05, 3.63) is 31.5 Å². The molecule has 1 aromatic rings. The van der Waals surface area contributed by atoms with Gasteiger partial charge in [0, 0.05) is 42.7 Å². The van der Waals surface area contributed by atoms with Gasteiger partial charge in [-0.25, -0.2) is 28.1 Å². The highest BCUT2D eigenvalue weighted by atomic mass is 28.4. The molecule has 0 aliphatic heterocycles. The third-order valence-electron chi connectivity index (χ3n) is 5.31. The first-order valence-corrected chi connectivity index (χ1v) is 16.7. The molecule has 0 unspecified atom stereocenters. The van der Waals surface area contributed by atoms with Crippen molar-refractivity contribution in [1.29, 1.82) is 0 Å². The van der Waals surface area contributed by atoms with E-state index in [4.69, 9.17) is 26.6 Å². The molecule has 30 heavy (non-hydrogen) atoms. The predicted molar refractivity (Wildman–Crippen MR) is 116 cm³/mol. The van der Waals surface area contributed by atoms with Crippen LogP contribution in [0.2, 0.25) is 19.6 Å². The molecule has 0 saturated heterocycles. The molecule has 0 spiro atoms. The van der Waals surface area contributed by atoms with Crippen LogP contribution in [-0.2, 0) is 45.1 Å². The van der Waals surface area contributed by atoms with Crippen LogP contribution in [0.3, 0.4) is 0 Å². The fraction of sp³-hybridized carbons (Fsp3) is 0.800. The van der Waals surface area contributed by atoms with Crippen molar-refractivity contribution in [2.75, 3.05) is 42.7 Å². The van der Waals surface area contributed by atoms with Crippen molar-refractivity contribution in [3.63, 3.8) is 0 Å². The Hall–Kier alpha value is -1.18. The van der Waals surface area contributed by atoms with E-state index in [9.17, 15) is 14.4 Å². The lowest BCUT2D eigenvalue weighted by atomic mass is 10.8. The van der Waals surface area contributed by atoms with E-state index in [1.54, 1.807) is 19.6 Å². The number of hydrogen-bond donors (Lipinski definition) is 0. The van der Waals surface area contributed by atoms with Gasteiger partial charge in [0.25, 0.3) is 0 Å². The lowest BCUT2D eigenvalue weighted by Gasteiger charge is -2.27. The number of aromatic nitrogens is 3. The van der Waals surface area contributed by atoms with E-state index >= 15 is 0 Å². The van der Waals surface area contributed by atoms with Gasteiger partial charge in [-0.15, -0.1) is 0 Å². The Labute approximate surface area is 178 Å². The average molecular weight is 484 g/mol. The summed E-state index contributed by atoms with van der Waals surface area (Å²) in [6.45, 7) is 5.14. The van der Waals surface area contributed by atoms with Crippen molar-refractivity contribution >= 4 is 25.7 Å². The van der Waals surface area contributed by atoms with Crippen LogP contribution >= 0.6 is 0 Å². The van der Waals surface area contributed by atoms with E-state index < -0.39 is 42.8 Å². The first kappa shape index (κ1) is 26.9. The van der Waals surface area contributed by atoms with E-state index in [0.717, 1.165) is 13.7 Å². The third-order valence-corrected chi connectivity index (χ3v) is 13.2. The fourth-order valence-electron chi connectivity index (χ4n) is 2.59. The smallest absolute Gasteiger partial charge is 0.355 e. The van der Waals surface area contributed by atoms with Crippen LogP contribution in [0.4, 0.5) is 0 Å². The maximum Gasteiger partial charge on any atom is 0.355 e. The second-order valence-electron chi connectivity index (χ2n) is 7.23. The highest BCUT2D eigenvalue weighted by Crippen LogP contribution is 2.08. The molecule has 1 heterocycles. The average Bonchev–Trinajstić information content (AvgIpc) is 2.76. The Morgan fingerprint density at radius 3 is 0.800 bits per heavy atom. The van der Waals surface area contributed by atoms with Gasteiger partial charge in [-0.2, -0.15) is 0 Å². The summed E-state index contributed by atoms with van der Waals surface area (Å²) in [7, 11) is 0.0717. The van der Waals surface area contributed by atoms with E-state index in [0.29, 0.717) is 0 Å². The molecule has 0 aliphatic rings. The fourth-order valence-corrected chi connectivity index (χ4v) is 6.40. The van der Waals surface area contributed by atoms with Gasteiger partial charge >= 0.3 is 42.8 Å². The Morgan fingerprint density at radius 2 is 0.667 bits per heavy atom. The van der Waals surface area contributed by atoms with Crippen molar-refractivity contribution < 1.29 is 26.6 Å². The van der Waals surface area contributed by atoms with Gasteiger partial charge in [-0.1, -0.05) is 0 Å². The number of hydrogen-bond acceptors (Lipinski definition) is 9. The topological polar surface area (TPSA) is 121 Å². The van der Waals surface area contributed by atoms with Crippen molar-refractivity contribution in [2.24, 2.45) is 0 Å². The molecule has 0 fully saturated rings. The van der Waals surface area contributed by atoms with Crippen molar-refractivity contribution in [3.8, 4) is 0 Å². The molecule has 0 radical (unpaired) electrons.